The van der Waals surface area contributed by atoms with Gasteiger partial charge in [0.15, 0.2) is 0 Å². The summed E-state index contributed by atoms with van der Waals surface area (Å²) in [6, 6.07) is 7.69. The number of hydrogen-bond donors (Lipinski definition) is 1. The summed E-state index contributed by atoms with van der Waals surface area (Å²) in [5.74, 6) is 0.487. The summed E-state index contributed by atoms with van der Waals surface area (Å²) in [6.07, 6.45) is 6.00. The Bertz CT molecular complexity index is 638. The molecule has 0 unspecified atom stereocenters. The molecule has 1 N–H and O–H groups in total. The van der Waals surface area contributed by atoms with Gasteiger partial charge in [-0.3, -0.25) is 14.5 Å². The van der Waals surface area contributed by atoms with Gasteiger partial charge in [0.05, 0.1) is 11.7 Å². The predicted octanol–water partition coefficient (Wildman–Crippen LogP) is 3.07. The minimum absolute atomic E-state index is 0.0239. The van der Waals surface area contributed by atoms with Crippen molar-refractivity contribution in [2.75, 3.05) is 37.8 Å². The van der Waals surface area contributed by atoms with Crippen LogP contribution >= 0.6 is 11.8 Å². The van der Waals surface area contributed by atoms with Crippen molar-refractivity contribution < 1.29 is 9.59 Å². The van der Waals surface area contributed by atoms with Crippen LogP contribution in [0.15, 0.2) is 29.2 Å². The molecule has 2 fully saturated rings. The molecular formula is C20H29N3O2S. The molecule has 2 amide bonds. The molecular weight excluding hydrogens is 346 g/mol. The van der Waals surface area contributed by atoms with E-state index in [0.717, 1.165) is 62.4 Å². The molecule has 6 heteroatoms. The van der Waals surface area contributed by atoms with Gasteiger partial charge in [0.1, 0.15) is 0 Å². The number of benzene rings is 1. The van der Waals surface area contributed by atoms with Crippen LogP contribution in [-0.4, -0.2) is 60.1 Å². The standard InChI is InChI=1S/C20H29N3O2S/c1-15(19(24)21-17-7-3-4-8-18(17)26-2)22-13-9-16(10-14-22)20(25)23-11-5-6-12-23/h3-4,7-8,15-16H,5-6,9-14H2,1-2H3,(H,21,24)/t15-/m1/s1. The van der Waals surface area contributed by atoms with Gasteiger partial charge in [-0.05, 0) is 64.1 Å². The zero-order valence-corrected chi connectivity index (χ0v) is 16.6. The second-order valence-electron chi connectivity index (χ2n) is 7.21. The molecule has 5 nitrogen and oxygen atoms in total. The van der Waals surface area contributed by atoms with Gasteiger partial charge in [-0.15, -0.1) is 11.8 Å². The maximum absolute atomic E-state index is 12.7. The molecule has 2 aliphatic rings. The summed E-state index contributed by atoms with van der Waals surface area (Å²) < 4.78 is 0. The fourth-order valence-electron chi connectivity index (χ4n) is 3.88. The Morgan fingerprint density at radius 3 is 2.42 bits per heavy atom. The second kappa shape index (κ2) is 8.91. The molecule has 26 heavy (non-hydrogen) atoms. The van der Waals surface area contributed by atoms with Crippen LogP contribution in [0.2, 0.25) is 0 Å². The van der Waals surface area contributed by atoms with Gasteiger partial charge >= 0.3 is 0 Å². The van der Waals surface area contributed by atoms with Crippen molar-refractivity contribution in [1.29, 1.82) is 0 Å². The number of nitrogens with one attached hydrogen (secondary N) is 1. The van der Waals surface area contributed by atoms with E-state index in [1.165, 1.54) is 0 Å². The summed E-state index contributed by atoms with van der Waals surface area (Å²) in [4.78, 5) is 30.5. The lowest BCUT2D eigenvalue weighted by molar-refractivity contribution is -0.136. The third-order valence-corrected chi connectivity index (χ3v) is 6.38. The Balaban J connectivity index is 1.52. The average molecular weight is 376 g/mol. The SMILES string of the molecule is CSc1ccccc1NC(=O)[C@@H](C)N1CCC(C(=O)N2CCCC2)CC1. The number of amides is 2. The Kier molecular flexibility index (Phi) is 6.59. The number of piperidine rings is 1. The maximum Gasteiger partial charge on any atom is 0.241 e. The molecule has 2 heterocycles. The fourth-order valence-corrected chi connectivity index (χ4v) is 4.43. The van der Waals surface area contributed by atoms with Crippen molar-refractivity contribution in [3.8, 4) is 0 Å². The third kappa shape index (κ3) is 4.41. The highest BCUT2D eigenvalue weighted by Gasteiger charge is 2.32. The number of carbonyl (C=O) groups excluding carboxylic acids is 2. The topological polar surface area (TPSA) is 52.7 Å². The Morgan fingerprint density at radius 2 is 1.77 bits per heavy atom. The fraction of sp³-hybridized carbons (Fsp3) is 0.600. The van der Waals surface area contributed by atoms with Crippen molar-refractivity contribution in [2.24, 2.45) is 5.92 Å². The number of likely N-dealkylation sites (tertiary alicyclic amines) is 2. The summed E-state index contributed by atoms with van der Waals surface area (Å²) in [5.41, 5.74) is 0.871. The zero-order valence-electron chi connectivity index (χ0n) is 15.7. The average Bonchev–Trinajstić information content (AvgIpc) is 3.22. The third-order valence-electron chi connectivity index (χ3n) is 5.59. The van der Waals surface area contributed by atoms with Crippen molar-refractivity contribution >= 4 is 29.3 Å². The molecule has 0 bridgehead atoms. The Morgan fingerprint density at radius 1 is 1.12 bits per heavy atom. The monoisotopic (exact) mass is 375 g/mol. The maximum atomic E-state index is 12.7. The minimum atomic E-state index is -0.187. The lowest BCUT2D eigenvalue weighted by Crippen LogP contribution is -2.48. The highest BCUT2D eigenvalue weighted by molar-refractivity contribution is 7.98. The van der Waals surface area contributed by atoms with E-state index in [9.17, 15) is 9.59 Å². The second-order valence-corrected chi connectivity index (χ2v) is 8.06. The van der Waals surface area contributed by atoms with Crippen LogP contribution in [-0.2, 0) is 9.59 Å². The van der Waals surface area contributed by atoms with Crippen molar-refractivity contribution in [2.45, 2.75) is 43.5 Å². The minimum Gasteiger partial charge on any atom is -0.342 e. The molecule has 1 aromatic rings. The van der Waals surface area contributed by atoms with Crippen LogP contribution in [0.3, 0.4) is 0 Å². The molecule has 2 saturated heterocycles. The molecule has 0 aromatic heterocycles. The number of nitrogens with zero attached hydrogens (tertiary/aromatic N) is 2. The summed E-state index contributed by atoms with van der Waals surface area (Å²) in [5, 5.41) is 3.06. The van der Waals surface area contributed by atoms with E-state index in [1.54, 1.807) is 11.8 Å². The first-order valence-corrected chi connectivity index (χ1v) is 10.8. The molecule has 142 valence electrons. The number of anilines is 1. The van der Waals surface area contributed by atoms with Crippen LogP contribution < -0.4 is 5.32 Å². The van der Waals surface area contributed by atoms with E-state index in [-0.39, 0.29) is 17.9 Å². The first-order valence-electron chi connectivity index (χ1n) is 9.57. The molecule has 1 atom stereocenters. The molecule has 2 aliphatic heterocycles. The van der Waals surface area contributed by atoms with Gasteiger partial charge in [0.2, 0.25) is 11.8 Å². The van der Waals surface area contributed by atoms with Gasteiger partial charge in [0.25, 0.3) is 0 Å². The highest BCUT2D eigenvalue weighted by Crippen LogP contribution is 2.26. The first kappa shape index (κ1) is 19.2. The quantitative estimate of drug-likeness (QED) is 0.804. The first-order chi connectivity index (χ1) is 12.6. The number of rotatable bonds is 5. The van der Waals surface area contributed by atoms with Gasteiger partial charge in [-0.1, -0.05) is 12.1 Å². The highest BCUT2D eigenvalue weighted by atomic mass is 32.2. The van der Waals surface area contributed by atoms with Crippen molar-refractivity contribution in [1.82, 2.24) is 9.80 Å². The molecule has 0 aliphatic carbocycles. The molecule has 1 aromatic carbocycles. The van der Waals surface area contributed by atoms with E-state index in [0.29, 0.717) is 5.91 Å². The predicted molar refractivity (Wildman–Crippen MR) is 106 cm³/mol. The van der Waals surface area contributed by atoms with E-state index >= 15 is 0 Å². The number of hydrogen-bond acceptors (Lipinski definition) is 4. The van der Waals surface area contributed by atoms with Crippen molar-refractivity contribution in [3.05, 3.63) is 24.3 Å². The number of thioether (sulfide) groups is 1. The molecule has 0 radical (unpaired) electrons. The van der Waals surface area contributed by atoms with Gasteiger partial charge < -0.3 is 10.2 Å². The Labute approximate surface area is 160 Å². The smallest absolute Gasteiger partial charge is 0.241 e. The van der Waals surface area contributed by atoms with Gasteiger partial charge in [0, 0.05) is 23.9 Å². The van der Waals surface area contributed by atoms with Crippen molar-refractivity contribution in [3.63, 3.8) is 0 Å². The van der Waals surface area contributed by atoms with E-state index in [4.69, 9.17) is 0 Å². The normalized spacial score (nSPS) is 20.2. The number of para-hydroxylation sites is 1. The lowest BCUT2D eigenvalue weighted by atomic mass is 9.94. The molecule has 0 saturated carbocycles. The largest absolute Gasteiger partial charge is 0.342 e. The Hall–Kier alpha value is -1.53. The van der Waals surface area contributed by atoms with Crippen LogP contribution in [0.5, 0.6) is 0 Å². The lowest BCUT2D eigenvalue weighted by Gasteiger charge is -2.36. The van der Waals surface area contributed by atoms with Crippen LogP contribution in [0, 0.1) is 5.92 Å². The van der Waals surface area contributed by atoms with E-state index < -0.39 is 0 Å². The number of carbonyl (C=O) groups is 2. The van der Waals surface area contributed by atoms with Crippen LogP contribution in [0.1, 0.15) is 32.6 Å². The summed E-state index contributed by atoms with van der Waals surface area (Å²) in [7, 11) is 0. The van der Waals surface area contributed by atoms with Crippen LogP contribution in [0.25, 0.3) is 0 Å². The van der Waals surface area contributed by atoms with Gasteiger partial charge in [-0.2, -0.15) is 0 Å². The van der Waals surface area contributed by atoms with E-state index in [2.05, 4.69) is 10.2 Å². The van der Waals surface area contributed by atoms with E-state index in [1.807, 2.05) is 42.3 Å². The summed E-state index contributed by atoms with van der Waals surface area (Å²) >= 11 is 1.63. The van der Waals surface area contributed by atoms with Gasteiger partial charge in [-0.25, -0.2) is 0 Å². The zero-order chi connectivity index (χ0) is 18.5. The molecule has 3 rings (SSSR count). The van der Waals surface area contributed by atoms with Crippen LogP contribution in [0.4, 0.5) is 5.69 Å². The summed E-state index contributed by atoms with van der Waals surface area (Å²) in [6.45, 7) is 5.42. The molecule has 0 spiro atoms.